The van der Waals surface area contributed by atoms with Crippen LogP contribution in [-0.4, -0.2) is 18.5 Å². The summed E-state index contributed by atoms with van der Waals surface area (Å²) in [7, 11) is 0. The van der Waals surface area contributed by atoms with Crippen LogP contribution in [0.5, 0.6) is 23.0 Å². The van der Waals surface area contributed by atoms with Gasteiger partial charge in [0, 0.05) is 0 Å². The van der Waals surface area contributed by atoms with Crippen molar-refractivity contribution in [2.24, 2.45) is 5.73 Å². The quantitative estimate of drug-likeness (QED) is 0.434. The van der Waals surface area contributed by atoms with Crippen LogP contribution in [0.25, 0.3) is 0 Å². The lowest BCUT2D eigenvalue weighted by molar-refractivity contribution is -0.174. The van der Waals surface area contributed by atoms with Gasteiger partial charge in [-0.25, -0.2) is 4.79 Å². The normalized spacial score (nSPS) is 11.7. The largest absolute Gasteiger partial charge is 0.462 e. The predicted octanol–water partition coefficient (Wildman–Crippen LogP) is 5.89. The fourth-order valence-electron chi connectivity index (χ4n) is 2.68. The molecule has 3 rings (SSSR count). The smallest absolute Gasteiger partial charge is 0.379 e. The second-order valence-electron chi connectivity index (χ2n) is 6.36. The minimum atomic E-state index is -3.90. The van der Waals surface area contributed by atoms with E-state index in [1.165, 1.54) is 25.1 Å². The van der Waals surface area contributed by atoms with Crippen LogP contribution in [0.2, 0.25) is 0 Å². The Bertz CT molecular complexity index is 987. The molecule has 0 bridgehead atoms. The van der Waals surface area contributed by atoms with Gasteiger partial charge >= 0.3 is 11.9 Å². The topological polar surface area (TPSA) is 70.8 Å². The van der Waals surface area contributed by atoms with E-state index in [0.717, 1.165) is 0 Å². The zero-order valence-corrected chi connectivity index (χ0v) is 17.5. The number of carbonyl (C=O) groups is 1. The zero-order valence-electron chi connectivity index (χ0n) is 16.7. The third-order valence-corrected chi connectivity index (χ3v) is 4.21. The Morgan fingerprint density at radius 2 is 1.42 bits per heavy atom. The molecule has 0 unspecified atom stereocenters. The highest BCUT2D eigenvalue weighted by Crippen LogP contribution is 2.39. The summed E-state index contributed by atoms with van der Waals surface area (Å²) in [6, 6.07) is 20.0. The molecule has 3 aromatic carbocycles. The number of alkyl halides is 2. The van der Waals surface area contributed by atoms with E-state index in [4.69, 9.17) is 15.2 Å². The first-order chi connectivity index (χ1) is 14.4. The van der Waals surface area contributed by atoms with E-state index in [2.05, 4.69) is 4.74 Å². The van der Waals surface area contributed by atoms with Crippen LogP contribution < -0.4 is 15.2 Å². The van der Waals surface area contributed by atoms with E-state index < -0.39 is 17.9 Å². The lowest BCUT2D eigenvalue weighted by Gasteiger charge is -2.23. The van der Waals surface area contributed by atoms with Gasteiger partial charge in [-0.05, 0) is 48.9 Å². The number of carbonyl (C=O) groups excluding carboxylic acids is 1. The van der Waals surface area contributed by atoms with Gasteiger partial charge in [0.15, 0.2) is 11.5 Å². The van der Waals surface area contributed by atoms with Crippen molar-refractivity contribution in [2.45, 2.75) is 18.9 Å². The van der Waals surface area contributed by atoms with Crippen molar-refractivity contribution in [2.75, 3.05) is 6.61 Å². The average molecular weight is 450 g/mol. The second kappa shape index (κ2) is 10.7. The summed E-state index contributed by atoms with van der Waals surface area (Å²) in [5, 5.41) is 0. The molecular formula is C23H22ClF2NO4. The lowest BCUT2D eigenvalue weighted by Crippen LogP contribution is -2.41. The van der Waals surface area contributed by atoms with Crippen molar-refractivity contribution in [3.05, 3.63) is 84.4 Å². The summed E-state index contributed by atoms with van der Waals surface area (Å²) in [6.45, 7) is 1.27. The minimum absolute atomic E-state index is 0. The molecule has 1 atom stereocenters. The van der Waals surface area contributed by atoms with Crippen LogP contribution in [0, 0.1) is 0 Å². The minimum Gasteiger partial charge on any atom is -0.462 e. The highest BCUT2D eigenvalue weighted by molar-refractivity contribution is 5.85. The maximum atomic E-state index is 14.4. The summed E-state index contributed by atoms with van der Waals surface area (Å²) in [4.78, 5) is 11.7. The second-order valence-corrected chi connectivity index (χ2v) is 6.36. The average Bonchev–Trinajstić information content (AvgIpc) is 2.76. The summed E-state index contributed by atoms with van der Waals surface area (Å²) in [5.74, 6) is -4.06. The number of para-hydroxylation sites is 2. The maximum Gasteiger partial charge on any atom is 0.379 e. The summed E-state index contributed by atoms with van der Waals surface area (Å²) in [5.41, 5.74) is 5.72. The van der Waals surface area contributed by atoms with Crippen LogP contribution in [0.15, 0.2) is 78.9 Å². The molecule has 0 amide bonds. The third-order valence-electron chi connectivity index (χ3n) is 4.21. The number of hydrogen-bond donors (Lipinski definition) is 1. The van der Waals surface area contributed by atoms with Gasteiger partial charge < -0.3 is 19.9 Å². The van der Waals surface area contributed by atoms with Crippen molar-refractivity contribution in [3.8, 4) is 23.0 Å². The summed E-state index contributed by atoms with van der Waals surface area (Å²) in [6.07, 6.45) is 0. The third kappa shape index (κ3) is 5.93. The van der Waals surface area contributed by atoms with Crippen molar-refractivity contribution in [3.63, 3.8) is 0 Å². The SMILES string of the molecule is CCOC(=O)C(F)(F)[C@H](N)c1ccc(Oc2ccccc2)c(Oc2ccccc2)c1.Cl. The number of ether oxygens (including phenoxy) is 3. The molecule has 0 aliphatic rings. The predicted molar refractivity (Wildman–Crippen MR) is 115 cm³/mol. The molecule has 0 aliphatic heterocycles. The Morgan fingerprint density at radius 1 is 0.903 bits per heavy atom. The Hall–Kier alpha value is -3.16. The van der Waals surface area contributed by atoms with Gasteiger partial charge in [0.1, 0.15) is 17.5 Å². The van der Waals surface area contributed by atoms with E-state index in [0.29, 0.717) is 17.2 Å². The first kappa shape index (κ1) is 24.1. The number of hydrogen-bond acceptors (Lipinski definition) is 5. The van der Waals surface area contributed by atoms with E-state index in [1.54, 1.807) is 48.5 Å². The molecule has 2 N–H and O–H groups in total. The van der Waals surface area contributed by atoms with E-state index >= 15 is 0 Å². The molecule has 3 aromatic rings. The van der Waals surface area contributed by atoms with Crippen LogP contribution in [0.1, 0.15) is 18.5 Å². The number of halogens is 3. The molecule has 0 spiro atoms. The molecule has 0 aromatic heterocycles. The zero-order chi connectivity index (χ0) is 21.6. The van der Waals surface area contributed by atoms with Crippen molar-refractivity contribution in [1.82, 2.24) is 0 Å². The van der Waals surface area contributed by atoms with Crippen molar-refractivity contribution >= 4 is 18.4 Å². The van der Waals surface area contributed by atoms with Crippen LogP contribution in [0.4, 0.5) is 8.78 Å². The Kier molecular flexibility index (Phi) is 8.36. The van der Waals surface area contributed by atoms with Gasteiger partial charge in [-0.3, -0.25) is 0 Å². The highest BCUT2D eigenvalue weighted by atomic mass is 35.5. The molecule has 0 radical (unpaired) electrons. The lowest BCUT2D eigenvalue weighted by atomic mass is 10.0. The number of nitrogens with two attached hydrogens (primary N) is 1. The number of esters is 1. The molecule has 0 saturated carbocycles. The Morgan fingerprint density at radius 3 is 1.94 bits per heavy atom. The van der Waals surface area contributed by atoms with Crippen molar-refractivity contribution in [1.29, 1.82) is 0 Å². The summed E-state index contributed by atoms with van der Waals surface area (Å²) < 4.78 is 45.0. The molecule has 164 valence electrons. The molecule has 0 fully saturated rings. The highest BCUT2D eigenvalue weighted by Gasteiger charge is 2.48. The molecule has 31 heavy (non-hydrogen) atoms. The standard InChI is InChI=1S/C23H21F2NO4.ClH/c1-2-28-22(27)23(24,25)21(26)16-13-14-19(29-17-9-5-3-6-10-17)20(15-16)30-18-11-7-4-8-12-18;/h3-15,21H,2,26H2,1H3;1H/t21-;/m1./s1. The van der Waals surface area contributed by atoms with Gasteiger partial charge in [0.2, 0.25) is 0 Å². The number of rotatable bonds is 8. The van der Waals surface area contributed by atoms with Crippen molar-refractivity contribution < 1.29 is 27.8 Å². The Labute approximate surface area is 185 Å². The molecule has 0 saturated heterocycles. The first-order valence-electron chi connectivity index (χ1n) is 9.32. The molecule has 0 heterocycles. The van der Waals surface area contributed by atoms with E-state index in [-0.39, 0.29) is 30.3 Å². The van der Waals surface area contributed by atoms with Crippen LogP contribution in [0.3, 0.4) is 0 Å². The number of benzene rings is 3. The first-order valence-corrected chi connectivity index (χ1v) is 9.32. The van der Waals surface area contributed by atoms with E-state index in [9.17, 15) is 13.6 Å². The van der Waals surface area contributed by atoms with Crippen LogP contribution >= 0.6 is 12.4 Å². The van der Waals surface area contributed by atoms with Gasteiger partial charge in [-0.2, -0.15) is 8.78 Å². The monoisotopic (exact) mass is 449 g/mol. The fraction of sp³-hybridized carbons (Fsp3) is 0.174. The molecule has 8 heteroatoms. The molecule has 0 aliphatic carbocycles. The van der Waals surface area contributed by atoms with E-state index in [1.807, 2.05) is 12.1 Å². The van der Waals surface area contributed by atoms with Gasteiger partial charge in [0.25, 0.3) is 0 Å². The Balaban J connectivity index is 0.00000341. The molecule has 5 nitrogen and oxygen atoms in total. The van der Waals surface area contributed by atoms with Gasteiger partial charge in [-0.1, -0.05) is 42.5 Å². The fourth-order valence-corrected chi connectivity index (χ4v) is 2.68. The molecular weight excluding hydrogens is 428 g/mol. The van der Waals surface area contributed by atoms with Crippen LogP contribution in [-0.2, 0) is 9.53 Å². The summed E-state index contributed by atoms with van der Waals surface area (Å²) >= 11 is 0. The van der Waals surface area contributed by atoms with Gasteiger partial charge in [-0.15, -0.1) is 12.4 Å². The maximum absolute atomic E-state index is 14.4. The van der Waals surface area contributed by atoms with Gasteiger partial charge in [0.05, 0.1) is 6.61 Å².